The van der Waals surface area contributed by atoms with Crippen molar-refractivity contribution in [1.82, 2.24) is 0 Å². The van der Waals surface area contributed by atoms with Crippen molar-refractivity contribution in [2.75, 3.05) is 0 Å². The fraction of sp³-hybridized carbons (Fsp3) is 0.278. The fourth-order valence-electron chi connectivity index (χ4n) is 3.23. The average molecular weight is 317 g/mol. The lowest BCUT2D eigenvalue weighted by atomic mass is 9.87. The second kappa shape index (κ2) is 5.33. The standard InChI is InChI=1S/C18H17F2NO2/c1-18(2)9-11-4-3-10(7-14(11)16(18)23-17(21)22)13-6-5-12(19)8-15(13)20/h3-8,16H,9H2,1-2H3,(H2,21,22). The van der Waals surface area contributed by atoms with Gasteiger partial charge < -0.3 is 10.5 Å². The first-order valence-electron chi connectivity index (χ1n) is 7.32. The molecule has 1 unspecified atom stereocenters. The Kier molecular flexibility index (Phi) is 3.59. The third-order valence-electron chi connectivity index (χ3n) is 4.26. The van der Waals surface area contributed by atoms with Crippen LogP contribution in [0.5, 0.6) is 0 Å². The van der Waals surface area contributed by atoms with E-state index in [1.807, 2.05) is 19.9 Å². The summed E-state index contributed by atoms with van der Waals surface area (Å²) >= 11 is 0. The van der Waals surface area contributed by atoms with E-state index in [2.05, 4.69) is 0 Å². The number of hydrogen-bond acceptors (Lipinski definition) is 2. The molecule has 3 nitrogen and oxygen atoms in total. The number of benzene rings is 2. The van der Waals surface area contributed by atoms with Gasteiger partial charge in [-0.1, -0.05) is 26.0 Å². The highest BCUT2D eigenvalue weighted by Gasteiger charge is 2.41. The van der Waals surface area contributed by atoms with Crippen LogP contribution in [0.15, 0.2) is 36.4 Å². The number of primary amides is 1. The molecule has 1 amide bonds. The molecule has 0 saturated carbocycles. The van der Waals surface area contributed by atoms with E-state index in [4.69, 9.17) is 10.5 Å². The van der Waals surface area contributed by atoms with Crippen LogP contribution in [-0.4, -0.2) is 6.09 Å². The number of fused-ring (bicyclic) bond motifs is 1. The number of hydrogen-bond donors (Lipinski definition) is 1. The number of halogens is 2. The fourth-order valence-corrected chi connectivity index (χ4v) is 3.23. The van der Waals surface area contributed by atoms with Gasteiger partial charge in [-0.05, 0) is 41.3 Å². The van der Waals surface area contributed by atoms with Gasteiger partial charge in [-0.15, -0.1) is 0 Å². The molecule has 2 aromatic carbocycles. The lowest BCUT2D eigenvalue weighted by molar-refractivity contribution is 0.0392. The third-order valence-corrected chi connectivity index (χ3v) is 4.26. The van der Waals surface area contributed by atoms with Crippen LogP contribution in [-0.2, 0) is 11.2 Å². The van der Waals surface area contributed by atoms with E-state index >= 15 is 0 Å². The highest BCUT2D eigenvalue weighted by molar-refractivity contribution is 5.68. The molecule has 0 bridgehead atoms. The molecule has 0 saturated heterocycles. The first-order valence-corrected chi connectivity index (χ1v) is 7.32. The topological polar surface area (TPSA) is 52.3 Å². The molecule has 120 valence electrons. The molecule has 0 spiro atoms. The summed E-state index contributed by atoms with van der Waals surface area (Å²) in [5, 5.41) is 0. The van der Waals surface area contributed by atoms with Crippen LogP contribution in [0.1, 0.15) is 31.1 Å². The summed E-state index contributed by atoms with van der Waals surface area (Å²) in [6.45, 7) is 3.97. The van der Waals surface area contributed by atoms with Gasteiger partial charge >= 0.3 is 6.09 Å². The minimum atomic E-state index is -0.839. The Morgan fingerprint density at radius 2 is 1.96 bits per heavy atom. The van der Waals surface area contributed by atoms with Crippen molar-refractivity contribution in [3.05, 3.63) is 59.2 Å². The van der Waals surface area contributed by atoms with Gasteiger partial charge in [0.05, 0.1) is 0 Å². The minimum absolute atomic E-state index is 0.294. The molecule has 23 heavy (non-hydrogen) atoms. The molecule has 0 aromatic heterocycles. The van der Waals surface area contributed by atoms with E-state index in [0.717, 1.165) is 23.6 Å². The summed E-state index contributed by atoms with van der Waals surface area (Å²) in [7, 11) is 0. The Balaban J connectivity index is 2.07. The first kappa shape index (κ1) is 15.5. The number of carbonyl (C=O) groups excluding carboxylic acids is 1. The van der Waals surface area contributed by atoms with Crippen LogP contribution in [0.3, 0.4) is 0 Å². The molecular formula is C18H17F2NO2. The molecule has 2 N–H and O–H groups in total. The second-order valence-electron chi connectivity index (χ2n) is 6.52. The monoisotopic (exact) mass is 317 g/mol. The van der Waals surface area contributed by atoms with Crippen LogP contribution in [0.4, 0.5) is 13.6 Å². The maximum absolute atomic E-state index is 14.0. The summed E-state index contributed by atoms with van der Waals surface area (Å²) in [6, 6.07) is 8.93. The Morgan fingerprint density at radius 1 is 1.22 bits per heavy atom. The van der Waals surface area contributed by atoms with Crippen molar-refractivity contribution < 1.29 is 18.3 Å². The largest absolute Gasteiger partial charge is 0.441 e. The van der Waals surface area contributed by atoms with E-state index < -0.39 is 23.8 Å². The molecule has 0 fully saturated rings. The summed E-state index contributed by atoms with van der Waals surface area (Å²) in [5.41, 5.74) is 7.64. The maximum Gasteiger partial charge on any atom is 0.405 e. The number of nitrogens with two attached hydrogens (primary N) is 1. The SMILES string of the molecule is CC1(C)Cc2ccc(-c3ccc(F)cc3F)cc2C1OC(N)=O. The molecule has 1 aliphatic carbocycles. The van der Waals surface area contributed by atoms with E-state index in [9.17, 15) is 13.6 Å². The number of carbonyl (C=O) groups is 1. The zero-order valence-electron chi connectivity index (χ0n) is 12.9. The highest BCUT2D eigenvalue weighted by atomic mass is 19.1. The smallest absolute Gasteiger partial charge is 0.405 e. The molecule has 1 atom stereocenters. The van der Waals surface area contributed by atoms with Gasteiger partial charge in [-0.25, -0.2) is 13.6 Å². The summed E-state index contributed by atoms with van der Waals surface area (Å²) in [4.78, 5) is 11.2. The Labute approximate surface area is 133 Å². The normalized spacial score (nSPS) is 18.5. The van der Waals surface area contributed by atoms with Crippen molar-refractivity contribution in [1.29, 1.82) is 0 Å². The number of ether oxygens (including phenoxy) is 1. The van der Waals surface area contributed by atoms with Crippen molar-refractivity contribution in [3.63, 3.8) is 0 Å². The molecule has 0 radical (unpaired) electrons. The second-order valence-corrected chi connectivity index (χ2v) is 6.52. The van der Waals surface area contributed by atoms with Gasteiger partial charge in [0.2, 0.25) is 0 Å². The summed E-state index contributed by atoms with van der Waals surface area (Å²) < 4.78 is 32.4. The van der Waals surface area contributed by atoms with Crippen LogP contribution in [0, 0.1) is 17.0 Å². The lowest BCUT2D eigenvalue weighted by Crippen LogP contribution is -2.25. The number of rotatable bonds is 2. The summed E-state index contributed by atoms with van der Waals surface area (Å²) in [6.07, 6.45) is -0.598. The summed E-state index contributed by atoms with van der Waals surface area (Å²) in [5.74, 6) is -1.25. The maximum atomic E-state index is 14.0. The lowest BCUT2D eigenvalue weighted by Gasteiger charge is -2.26. The zero-order chi connectivity index (χ0) is 16.8. The number of amides is 1. The van der Waals surface area contributed by atoms with Crippen LogP contribution in [0.25, 0.3) is 11.1 Å². The molecular weight excluding hydrogens is 300 g/mol. The molecule has 5 heteroatoms. The van der Waals surface area contributed by atoms with Gasteiger partial charge in [0.1, 0.15) is 17.7 Å². The zero-order valence-corrected chi connectivity index (χ0v) is 12.9. The van der Waals surface area contributed by atoms with Gasteiger partial charge in [-0.2, -0.15) is 0 Å². The Hall–Kier alpha value is -2.43. The third kappa shape index (κ3) is 2.79. The first-order chi connectivity index (χ1) is 10.8. The molecule has 0 heterocycles. The highest BCUT2D eigenvalue weighted by Crippen LogP contribution is 2.48. The van der Waals surface area contributed by atoms with Gasteiger partial charge in [0, 0.05) is 17.0 Å². The molecule has 1 aliphatic rings. The predicted octanol–water partition coefficient (Wildman–Crippen LogP) is 4.35. The minimum Gasteiger partial charge on any atom is -0.441 e. The van der Waals surface area contributed by atoms with E-state index in [-0.39, 0.29) is 5.41 Å². The molecule has 2 aromatic rings. The predicted molar refractivity (Wildman–Crippen MR) is 82.7 cm³/mol. The van der Waals surface area contributed by atoms with Crippen molar-refractivity contribution in [2.45, 2.75) is 26.4 Å². The van der Waals surface area contributed by atoms with Gasteiger partial charge in [0.15, 0.2) is 0 Å². The molecule has 0 aliphatic heterocycles. The van der Waals surface area contributed by atoms with Crippen LogP contribution in [0.2, 0.25) is 0 Å². The van der Waals surface area contributed by atoms with Gasteiger partial charge in [0.25, 0.3) is 0 Å². The molecule has 3 rings (SSSR count). The Morgan fingerprint density at radius 3 is 2.61 bits per heavy atom. The van der Waals surface area contributed by atoms with E-state index in [1.165, 1.54) is 12.1 Å². The van der Waals surface area contributed by atoms with Crippen molar-refractivity contribution in [3.8, 4) is 11.1 Å². The Bertz CT molecular complexity index is 787. The average Bonchev–Trinajstić information content (AvgIpc) is 2.69. The van der Waals surface area contributed by atoms with Crippen LogP contribution < -0.4 is 5.73 Å². The van der Waals surface area contributed by atoms with Crippen molar-refractivity contribution >= 4 is 6.09 Å². The van der Waals surface area contributed by atoms with E-state index in [1.54, 1.807) is 12.1 Å². The van der Waals surface area contributed by atoms with Gasteiger partial charge in [-0.3, -0.25) is 0 Å². The van der Waals surface area contributed by atoms with E-state index in [0.29, 0.717) is 11.1 Å². The van der Waals surface area contributed by atoms with Crippen LogP contribution >= 0.6 is 0 Å². The van der Waals surface area contributed by atoms with Crippen molar-refractivity contribution in [2.24, 2.45) is 11.1 Å². The quantitative estimate of drug-likeness (QED) is 0.895.